The molecule has 5 nitrogen and oxygen atoms in total. The topological polar surface area (TPSA) is 67.8 Å². The highest BCUT2D eigenvalue weighted by atomic mass is 16.5. The molecule has 0 spiro atoms. The van der Waals surface area contributed by atoms with Gasteiger partial charge in [0.2, 0.25) is 0 Å². The zero-order valence-corrected chi connectivity index (χ0v) is 10.9. The Morgan fingerprint density at radius 1 is 1.28 bits per heavy atom. The average Bonchev–Trinajstić information content (AvgIpc) is 2.35. The summed E-state index contributed by atoms with van der Waals surface area (Å²) in [5, 5.41) is 11.7. The maximum Gasteiger partial charge on any atom is 0.303 e. The smallest absolute Gasteiger partial charge is 0.303 e. The molecule has 0 aliphatic rings. The van der Waals surface area contributed by atoms with E-state index in [1.165, 1.54) is 0 Å². The van der Waals surface area contributed by atoms with Crippen molar-refractivity contribution >= 4 is 11.7 Å². The largest absolute Gasteiger partial charge is 0.493 e. The van der Waals surface area contributed by atoms with E-state index in [2.05, 4.69) is 5.32 Å². The summed E-state index contributed by atoms with van der Waals surface area (Å²) in [6, 6.07) is 3.74. The molecule has 0 aliphatic carbocycles. The molecule has 0 atom stereocenters. The fourth-order valence-electron chi connectivity index (χ4n) is 1.63. The molecule has 1 rings (SSSR count). The van der Waals surface area contributed by atoms with E-state index in [1.54, 1.807) is 14.2 Å². The number of ether oxygens (including phenoxy) is 2. The van der Waals surface area contributed by atoms with E-state index in [9.17, 15) is 4.79 Å². The van der Waals surface area contributed by atoms with Gasteiger partial charge in [-0.2, -0.15) is 0 Å². The van der Waals surface area contributed by atoms with Crippen LogP contribution in [0.4, 0.5) is 5.69 Å². The summed E-state index contributed by atoms with van der Waals surface area (Å²) in [5.74, 6) is 0.566. The number of methoxy groups -OCH3 is 2. The Bertz CT molecular complexity index is 418. The summed E-state index contributed by atoms with van der Waals surface area (Å²) in [6.45, 7) is 2.57. The van der Waals surface area contributed by atoms with Crippen molar-refractivity contribution in [1.29, 1.82) is 0 Å². The van der Waals surface area contributed by atoms with Crippen molar-refractivity contribution in [2.24, 2.45) is 0 Å². The number of carboxylic acids is 1. The van der Waals surface area contributed by atoms with Gasteiger partial charge >= 0.3 is 5.97 Å². The number of rotatable bonds is 7. The van der Waals surface area contributed by atoms with Gasteiger partial charge in [0.05, 0.1) is 14.2 Å². The molecule has 1 aromatic carbocycles. The zero-order chi connectivity index (χ0) is 13.5. The first-order valence-electron chi connectivity index (χ1n) is 5.76. The highest BCUT2D eigenvalue weighted by molar-refractivity contribution is 5.66. The predicted octanol–water partition coefficient (Wildman–Crippen LogP) is 2.29. The van der Waals surface area contributed by atoms with Crippen LogP contribution in [0, 0.1) is 6.92 Å². The highest BCUT2D eigenvalue weighted by Crippen LogP contribution is 2.32. The summed E-state index contributed by atoms with van der Waals surface area (Å²) < 4.78 is 10.4. The second-order valence-corrected chi connectivity index (χ2v) is 3.95. The normalized spacial score (nSPS) is 9.94. The van der Waals surface area contributed by atoms with Crippen molar-refractivity contribution in [3.8, 4) is 11.5 Å². The second kappa shape index (κ2) is 6.74. The van der Waals surface area contributed by atoms with Crippen molar-refractivity contribution in [2.45, 2.75) is 19.8 Å². The molecule has 1 aromatic rings. The van der Waals surface area contributed by atoms with Crippen LogP contribution in [0.2, 0.25) is 0 Å². The lowest BCUT2D eigenvalue weighted by atomic mass is 10.1. The fourth-order valence-corrected chi connectivity index (χ4v) is 1.63. The molecule has 0 heterocycles. The lowest BCUT2D eigenvalue weighted by Gasteiger charge is -2.14. The number of hydrogen-bond acceptors (Lipinski definition) is 4. The molecular formula is C13H19NO4. The molecule has 0 aromatic heterocycles. The van der Waals surface area contributed by atoms with Gasteiger partial charge in [0.15, 0.2) is 11.5 Å². The highest BCUT2D eigenvalue weighted by Gasteiger charge is 2.08. The Hall–Kier alpha value is -1.91. The van der Waals surface area contributed by atoms with Crippen LogP contribution in [0.1, 0.15) is 18.4 Å². The van der Waals surface area contributed by atoms with Crippen LogP contribution in [0.3, 0.4) is 0 Å². The number of carbonyl (C=O) groups is 1. The molecule has 0 aliphatic heterocycles. The molecule has 0 saturated carbocycles. The quantitative estimate of drug-likeness (QED) is 0.730. The average molecular weight is 253 g/mol. The maximum absolute atomic E-state index is 10.4. The first-order chi connectivity index (χ1) is 8.58. The Morgan fingerprint density at radius 2 is 1.89 bits per heavy atom. The molecule has 0 amide bonds. The van der Waals surface area contributed by atoms with Crippen LogP contribution in [-0.4, -0.2) is 31.8 Å². The summed E-state index contributed by atoms with van der Waals surface area (Å²) in [4.78, 5) is 10.4. The minimum atomic E-state index is -0.777. The van der Waals surface area contributed by atoms with Crippen molar-refractivity contribution in [2.75, 3.05) is 26.1 Å². The van der Waals surface area contributed by atoms with Crippen LogP contribution in [0.5, 0.6) is 11.5 Å². The SMILES string of the molecule is COc1cc(C)c(NCCCC(=O)O)cc1OC. The van der Waals surface area contributed by atoms with Gasteiger partial charge in [-0.1, -0.05) is 0 Å². The van der Waals surface area contributed by atoms with E-state index < -0.39 is 5.97 Å². The molecule has 0 unspecified atom stereocenters. The van der Waals surface area contributed by atoms with Crippen molar-refractivity contribution in [3.05, 3.63) is 17.7 Å². The monoisotopic (exact) mass is 253 g/mol. The molecule has 5 heteroatoms. The second-order valence-electron chi connectivity index (χ2n) is 3.95. The van der Waals surface area contributed by atoms with Crippen molar-refractivity contribution in [3.63, 3.8) is 0 Å². The maximum atomic E-state index is 10.4. The molecule has 0 radical (unpaired) electrons. The van der Waals surface area contributed by atoms with Gasteiger partial charge < -0.3 is 19.9 Å². The Kier molecular flexibility index (Phi) is 5.30. The van der Waals surface area contributed by atoms with E-state index in [0.29, 0.717) is 24.5 Å². The molecule has 0 bridgehead atoms. The van der Waals surface area contributed by atoms with Crippen LogP contribution in [-0.2, 0) is 4.79 Å². The van der Waals surface area contributed by atoms with Crippen LogP contribution in [0.25, 0.3) is 0 Å². The summed E-state index contributed by atoms with van der Waals surface area (Å²) >= 11 is 0. The van der Waals surface area contributed by atoms with E-state index in [4.69, 9.17) is 14.6 Å². The summed E-state index contributed by atoms with van der Waals surface area (Å²) in [5.41, 5.74) is 1.96. The zero-order valence-electron chi connectivity index (χ0n) is 10.9. The summed E-state index contributed by atoms with van der Waals surface area (Å²) in [6.07, 6.45) is 0.752. The molecule has 100 valence electrons. The van der Waals surface area contributed by atoms with E-state index in [0.717, 1.165) is 11.3 Å². The van der Waals surface area contributed by atoms with Crippen molar-refractivity contribution in [1.82, 2.24) is 0 Å². The number of anilines is 1. The van der Waals surface area contributed by atoms with Crippen LogP contribution >= 0.6 is 0 Å². The number of nitrogens with one attached hydrogen (secondary N) is 1. The van der Waals surface area contributed by atoms with Gasteiger partial charge in [0.25, 0.3) is 0 Å². The van der Waals surface area contributed by atoms with E-state index >= 15 is 0 Å². The van der Waals surface area contributed by atoms with Crippen LogP contribution < -0.4 is 14.8 Å². The molecule has 0 saturated heterocycles. The van der Waals surface area contributed by atoms with Gasteiger partial charge in [-0.25, -0.2) is 0 Å². The molecular weight excluding hydrogens is 234 g/mol. The lowest BCUT2D eigenvalue weighted by molar-refractivity contribution is -0.137. The standard InChI is InChI=1S/C13H19NO4/c1-9-7-11(17-2)12(18-3)8-10(9)14-6-4-5-13(15)16/h7-8,14H,4-6H2,1-3H3,(H,15,16). The van der Waals surface area contributed by atoms with Crippen LogP contribution in [0.15, 0.2) is 12.1 Å². The fraction of sp³-hybridized carbons (Fsp3) is 0.462. The van der Waals surface area contributed by atoms with Crippen molar-refractivity contribution < 1.29 is 19.4 Å². The summed E-state index contributed by atoms with van der Waals surface area (Å²) in [7, 11) is 3.18. The number of carboxylic acid groups (broad SMARTS) is 1. The number of hydrogen-bond donors (Lipinski definition) is 2. The molecule has 2 N–H and O–H groups in total. The van der Waals surface area contributed by atoms with Gasteiger partial charge in [0.1, 0.15) is 0 Å². The molecule has 18 heavy (non-hydrogen) atoms. The third kappa shape index (κ3) is 3.84. The predicted molar refractivity (Wildman–Crippen MR) is 69.6 cm³/mol. The number of aryl methyl sites for hydroxylation is 1. The third-order valence-corrected chi connectivity index (χ3v) is 2.61. The third-order valence-electron chi connectivity index (χ3n) is 2.61. The first-order valence-corrected chi connectivity index (χ1v) is 5.76. The number of benzene rings is 1. The Labute approximate surface area is 107 Å². The van der Waals surface area contributed by atoms with E-state index in [1.807, 2.05) is 19.1 Å². The minimum Gasteiger partial charge on any atom is -0.493 e. The Balaban J connectivity index is 2.68. The minimum absolute atomic E-state index is 0.166. The number of aliphatic carboxylic acids is 1. The Morgan fingerprint density at radius 3 is 2.44 bits per heavy atom. The van der Waals surface area contributed by atoms with Gasteiger partial charge in [-0.3, -0.25) is 4.79 Å². The van der Waals surface area contributed by atoms with Gasteiger partial charge in [-0.15, -0.1) is 0 Å². The van der Waals surface area contributed by atoms with E-state index in [-0.39, 0.29) is 6.42 Å². The van der Waals surface area contributed by atoms with Gasteiger partial charge in [0, 0.05) is 24.7 Å². The lowest BCUT2D eigenvalue weighted by Crippen LogP contribution is -2.06. The molecule has 0 fully saturated rings. The first kappa shape index (κ1) is 14.2. The van der Waals surface area contributed by atoms with Gasteiger partial charge in [-0.05, 0) is 25.0 Å².